The molecule has 28 heavy (non-hydrogen) atoms. The molecule has 6 heteroatoms. The van der Waals surface area contributed by atoms with E-state index in [1.165, 1.54) is 11.1 Å². The van der Waals surface area contributed by atoms with Crippen molar-refractivity contribution >= 4 is 29.9 Å². The van der Waals surface area contributed by atoms with Crippen molar-refractivity contribution in [3.05, 3.63) is 77.7 Å². The van der Waals surface area contributed by atoms with Gasteiger partial charge >= 0.3 is 0 Å². The summed E-state index contributed by atoms with van der Waals surface area (Å²) < 4.78 is 5.60. The summed E-state index contributed by atoms with van der Waals surface area (Å²) in [6, 6.07) is 18.6. The number of benzene rings is 2. The van der Waals surface area contributed by atoms with Crippen LogP contribution in [0.4, 0.5) is 0 Å². The van der Waals surface area contributed by atoms with Crippen LogP contribution in [0.2, 0.25) is 0 Å². The quantitative estimate of drug-likeness (QED) is 0.298. The first kappa shape index (κ1) is 21.9. The van der Waals surface area contributed by atoms with Crippen LogP contribution in [0, 0.1) is 6.92 Å². The lowest BCUT2D eigenvalue weighted by Gasteiger charge is -2.16. The second kappa shape index (κ2) is 10.8. The number of oxazole rings is 1. The highest BCUT2D eigenvalue weighted by atomic mass is 127. The van der Waals surface area contributed by atoms with Gasteiger partial charge in [-0.1, -0.05) is 55.0 Å². The SMILES string of the molecule is CN=C(NCc1coc(-c2ccc(C)cc2)n1)NCC(C)c1ccccc1.I. The van der Waals surface area contributed by atoms with Crippen molar-refractivity contribution in [2.75, 3.05) is 13.6 Å². The molecular formula is C22H27IN4O. The molecular weight excluding hydrogens is 463 g/mol. The van der Waals surface area contributed by atoms with Crippen molar-refractivity contribution in [1.82, 2.24) is 15.6 Å². The number of rotatable bonds is 6. The van der Waals surface area contributed by atoms with Crippen molar-refractivity contribution in [2.45, 2.75) is 26.3 Å². The Morgan fingerprint density at radius 3 is 2.46 bits per heavy atom. The Labute approximate surface area is 183 Å². The number of aromatic nitrogens is 1. The van der Waals surface area contributed by atoms with Crippen molar-refractivity contribution in [2.24, 2.45) is 4.99 Å². The Morgan fingerprint density at radius 2 is 1.79 bits per heavy atom. The summed E-state index contributed by atoms with van der Waals surface area (Å²) in [5.41, 5.74) is 4.34. The molecule has 0 saturated carbocycles. The molecule has 2 N–H and O–H groups in total. The van der Waals surface area contributed by atoms with Crippen molar-refractivity contribution < 1.29 is 4.42 Å². The fourth-order valence-electron chi connectivity index (χ4n) is 2.76. The zero-order chi connectivity index (χ0) is 19.1. The molecule has 0 fully saturated rings. The van der Waals surface area contributed by atoms with Gasteiger partial charge in [-0.05, 0) is 30.5 Å². The second-order valence-electron chi connectivity index (χ2n) is 6.63. The van der Waals surface area contributed by atoms with E-state index in [1.807, 2.05) is 18.2 Å². The van der Waals surface area contributed by atoms with E-state index in [9.17, 15) is 0 Å². The second-order valence-corrected chi connectivity index (χ2v) is 6.63. The maximum atomic E-state index is 5.60. The van der Waals surface area contributed by atoms with E-state index in [0.29, 0.717) is 18.4 Å². The van der Waals surface area contributed by atoms with Crippen molar-refractivity contribution in [1.29, 1.82) is 0 Å². The molecule has 0 aliphatic rings. The van der Waals surface area contributed by atoms with Gasteiger partial charge in [0.05, 0.1) is 12.2 Å². The maximum absolute atomic E-state index is 5.60. The van der Waals surface area contributed by atoms with E-state index in [1.54, 1.807) is 13.3 Å². The number of aliphatic imine (C=N–C) groups is 1. The topological polar surface area (TPSA) is 62.5 Å². The van der Waals surface area contributed by atoms with Gasteiger partial charge in [-0.3, -0.25) is 4.99 Å². The molecule has 3 aromatic rings. The number of nitrogens with one attached hydrogen (secondary N) is 2. The van der Waals surface area contributed by atoms with Crippen molar-refractivity contribution in [3.63, 3.8) is 0 Å². The maximum Gasteiger partial charge on any atom is 0.226 e. The summed E-state index contributed by atoms with van der Waals surface area (Å²) >= 11 is 0. The summed E-state index contributed by atoms with van der Waals surface area (Å²) in [6.07, 6.45) is 1.68. The Balaban J connectivity index is 0.00000280. The average Bonchev–Trinajstić information content (AvgIpc) is 3.18. The first-order valence-corrected chi connectivity index (χ1v) is 9.16. The van der Waals surface area contributed by atoms with Gasteiger partial charge in [-0.15, -0.1) is 24.0 Å². The monoisotopic (exact) mass is 490 g/mol. The summed E-state index contributed by atoms with van der Waals surface area (Å²) in [7, 11) is 1.77. The average molecular weight is 490 g/mol. The first-order chi connectivity index (χ1) is 13.2. The third-order valence-electron chi connectivity index (χ3n) is 4.46. The van der Waals surface area contributed by atoms with Gasteiger partial charge in [0.1, 0.15) is 6.26 Å². The minimum atomic E-state index is 0. The number of hydrogen-bond donors (Lipinski definition) is 2. The van der Waals surface area contributed by atoms with Crippen LogP contribution in [0.25, 0.3) is 11.5 Å². The highest BCUT2D eigenvalue weighted by molar-refractivity contribution is 14.0. The number of guanidine groups is 1. The Morgan fingerprint density at radius 1 is 1.07 bits per heavy atom. The zero-order valence-corrected chi connectivity index (χ0v) is 18.8. The summed E-state index contributed by atoms with van der Waals surface area (Å²) in [6.45, 7) is 5.61. The number of hydrogen-bond acceptors (Lipinski definition) is 3. The van der Waals surface area contributed by atoms with Crippen LogP contribution in [-0.4, -0.2) is 24.5 Å². The van der Waals surface area contributed by atoms with Gasteiger partial charge in [-0.2, -0.15) is 0 Å². The first-order valence-electron chi connectivity index (χ1n) is 9.16. The van der Waals surface area contributed by atoms with Gasteiger partial charge in [0.15, 0.2) is 5.96 Å². The number of nitrogens with zero attached hydrogens (tertiary/aromatic N) is 2. The van der Waals surface area contributed by atoms with Crippen LogP contribution < -0.4 is 10.6 Å². The highest BCUT2D eigenvalue weighted by Crippen LogP contribution is 2.19. The van der Waals surface area contributed by atoms with Crippen LogP contribution in [-0.2, 0) is 6.54 Å². The zero-order valence-electron chi connectivity index (χ0n) is 16.5. The standard InChI is InChI=1S/C22H26N4O.HI/c1-16-9-11-19(12-10-16)21-26-20(15-27-21)14-25-22(23-3)24-13-17(2)18-7-5-4-6-8-18;/h4-12,15,17H,13-14H2,1-3H3,(H2,23,24,25);1H. The Bertz CT molecular complexity index is 875. The van der Waals surface area contributed by atoms with E-state index in [0.717, 1.165) is 23.8 Å². The lowest BCUT2D eigenvalue weighted by atomic mass is 10.0. The summed E-state index contributed by atoms with van der Waals surface area (Å²) in [4.78, 5) is 8.83. The normalized spacial score (nSPS) is 12.2. The molecule has 0 spiro atoms. The number of halogens is 1. The molecule has 1 atom stereocenters. The van der Waals surface area contributed by atoms with Crippen LogP contribution in [0.3, 0.4) is 0 Å². The predicted octanol–water partition coefficient (Wildman–Crippen LogP) is 4.74. The van der Waals surface area contributed by atoms with Crippen LogP contribution >= 0.6 is 24.0 Å². The molecule has 148 valence electrons. The molecule has 1 aromatic heterocycles. The van der Waals surface area contributed by atoms with Crippen LogP contribution in [0.15, 0.2) is 70.3 Å². The molecule has 0 saturated heterocycles. The highest BCUT2D eigenvalue weighted by Gasteiger charge is 2.09. The fourth-order valence-corrected chi connectivity index (χ4v) is 2.76. The molecule has 3 rings (SSSR count). The predicted molar refractivity (Wildman–Crippen MR) is 125 cm³/mol. The Kier molecular flexibility index (Phi) is 8.50. The molecule has 0 radical (unpaired) electrons. The van der Waals surface area contributed by atoms with Crippen LogP contribution in [0.5, 0.6) is 0 Å². The van der Waals surface area contributed by atoms with Gasteiger partial charge in [0, 0.05) is 19.2 Å². The molecule has 0 aliphatic heterocycles. The minimum Gasteiger partial charge on any atom is -0.444 e. The van der Waals surface area contributed by atoms with Crippen molar-refractivity contribution in [3.8, 4) is 11.5 Å². The smallest absolute Gasteiger partial charge is 0.226 e. The third-order valence-corrected chi connectivity index (χ3v) is 4.46. The van der Waals surface area contributed by atoms with E-state index < -0.39 is 0 Å². The minimum absolute atomic E-state index is 0. The third kappa shape index (κ3) is 6.09. The van der Waals surface area contributed by atoms with Gasteiger partial charge in [0.2, 0.25) is 5.89 Å². The molecule has 5 nitrogen and oxygen atoms in total. The molecule has 2 aromatic carbocycles. The molecule has 0 bridgehead atoms. The summed E-state index contributed by atoms with van der Waals surface area (Å²) in [5.74, 6) is 1.77. The van der Waals surface area contributed by atoms with E-state index in [-0.39, 0.29) is 24.0 Å². The largest absolute Gasteiger partial charge is 0.444 e. The summed E-state index contributed by atoms with van der Waals surface area (Å²) in [5, 5.41) is 6.65. The van der Waals surface area contributed by atoms with Crippen LogP contribution in [0.1, 0.15) is 29.7 Å². The van der Waals surface area contributed by atoms with Gasteiger partial charge < -0.3 is 15.1 Å². The van der Waals surface area contributed by atoms with Gasteiger partial charge in [0.25, 0.3) is 0 Å². The molecule has 1 unspecified atom stereocenters. The molecule has 1 heterocycles. The van der Waals surface area contributed by atoms with E-state index in [2.05, 4.69) is 70.9 Å². The molecule has 0 aliphatic carbocycles. The molecule has 0 amide bonds. The lowest BCUT2D eigenvalue weighted by Crippen LogP contribution is -2.38. The van der Waals surface area contributed by atoms with Gasteiger partial charge in [-0.25, -0.2) is 4.98 Å². The number of aryl methyl sites for hydroxylation is 1. The van der Waals surface area contributed by atoms with E-state index in [4.69, 9.17) is 4.42 Å². The lowest BCUT2D eigenvalue weighted by molar-refractivity contribution is 0.572. The van der Waals surface area contributed by atoms with E-state index >= 15 is 0 Å². The Hall–Kier alpha value is -2.35. The fraction of sp³-hybridized carbons (Fsp3) is 0.273.